The van der Waals surface area contributed by atoms with Gasteiger partial charge in [-0.1, -0.05) is 63.1 Å². The quantitative estimate of drug-likeness (QED) is 0.393. The molecule has 26 heavy (non-hydrogen) atoms. The van der Waals surface area contributed by atoms with Gasteiger partial charge < -0.3 is 5.32 Å². The molecule has 1 aromatic carbocycles. The Morgan fingerprint density at radius 2 is 1.88 bits per heavy atom. The van der Waals surface area contributed by atoms with Crippen molar-refractivity contribution in [3.63, 3.8) is 0 Å². The third-order valence-corrected chi connectivity index (χ3v) is 4.80. The van der Waals surface area contributed by atoms with E-state index in [1.807, 2.05) is 42.5 Å². The smallest absolute Gasteiger partial charge is 0.262 e. The van der Waals surface area contributed by atoms with Crippen LogP contribution in [0.5, 0.6) is 0 Å². The van der Waals surface area contributed by atoms with Crippen molar-refractivity contribution >= 4 is 27.9 Å². The van der Waals surface area contributed by atoms with Crippen LogP contribution in [0.3, 0.4) is 0 Å². The van der Waals surface area contributed by atoms with E-state index in [9.17, 15) is 10.1 Å². The van der Waals surface area contributed by atoms with Crippen LogP contribution in [-0.2, 0) is 4.79 Å². The van der Waals surface area contributed by atoms with Crippen LogP contribution >= 0.6 is 15.9 Å². The van der Waals surface area contributed by atoms with E-state index in [4.69, 9.17) is 0 Å². The second-order valence-electron chi connectivity index (χ2n) is 5.99. The number of pyridine rings is 1. The van der Waals surface area contributed by atoms with Gasteiger partial charge in [-0.15, -0.1) is 0 Å². The van der Waals surface area contributed by atoms with Crippen LogP contribution in [0, 0.1) is 17.2 Å². The summed E-state index contributed by atoms with van der Waals surface area (Å²) in [6.45, 7) is 4.23. The zero-order valence-electron chi connectivity index (χ0n) is 14.9. The zero-order chi connectivity index (χ0) is 18.9. The number of hydrogen-bond acceptors (Lipinski definition) is 3. The number of amides is 1. The summed E-state index contributed by atoms with van der Waals surface area (Å²) >= 11 is 3.30. The lowest BCUT2D eigenvalue weighted by Gasteiger charge is -2.27. The second kappa shape index (κ2) is 9.88. The molecule has 0 saturated heterocycles. The molecular weight excluding hydrogens is 390 g/mol. The van der Waals surface area contributed by atoms with Crippen molar-refractivity contribution in [2.24, 2.45) is 5.92 Å². The van der Waals surface area contributed by atoms with Crippen LogP contribution in [0.4, 0.5) is 0 Å². The number of halogens is 1. The molecule has 0 fully saturated rings. The summed E-state index contributed by atoms with van der Waals surface area (Å²) in [4.78, 5) is 17.0. The van der Waals surface area contributed by atoms with Gasteiger partial charge in [0.05, 0.1) is 11.7 Å². The van der Waals surface area contributed by atoms with Gasteiger partial charge in [0, 0.05) is 0 Å². The molecule has 0 radical (unpaired) electrons. The van der Waals surface area contributed by atoms with E-state index < -0.39 is 0 Å². The average Bonchev–Trinajstić information content (AvgIpc) is 2.66. The van der Waals surface area contributed by atoms with E-state index >= 15 is 0 Å². The van der Waals surface area contributed by atoms with E-state index in [2.05, 4.69) is 40.1 Å². The predicted octanol–water partition coefficient (Wildman–Crippen LogP) is 5.04. The second-order valence-corrected chi connectivity index (χ2v) is 6.81. The van der Waals surface area contributed by atoms with Crippen LogP contribution in [0.15, 0.2) is 58.7 Å². The lowest BCUT2D eigenvalue weighted by Crippen LogP contribution is -2.34. The standard InChI is InChI=1S/C21H22BrN3O/c1-3-15(4-2)20(16-9-6-5-7-10-16)25-21(26)17(14-23)13-18-11-8-12-19(22)24-18/h5-13,15,20H,3-4H2,1-2H3,(H,25,26)/b17-13+/t20-/m0/s1. The van der Waals surface area contributed by atoms with Gasteiger partial charge >= 0.3 is 0 Å². The van der Waals surface area contributed by atoms with Crippen LogP contribution < -0.4 is 5.32 Å². The fraction of sp³-hybridized carbons (Fsp3) is 0.286. The first-order valence-corrected chi connectivity index (χ1v) is 9.48. The van der Waals surface area contributed by atoms with E-state index in [1.54, 1.807) is 12.1 Å². The SMILES string of the molecule is CCC(CC)[C@H](NC(=O)/C(C#N)=C/c1cccc(Br)n1)c1ccccc1. The summed E-state index contributed by atoms with van der Waals surface area (Å²) in [6.07, 6.45) is 3.39. The molecule has 1 N–H and O–H groups in total. The molecule has 0 aliphatic carbocycles. The molecule has 0 aliphatic heterocycles. The Morgan fingerprint density at radius 1 is 1.19 bits per heavy atom. The molecule has 1 amide bonds. The van der Waals surface area contributed by atoms with Crippen molar-refractivity contribution in [2.75, 3.05) is 0 Å². The number of nitrogens with one attached hydrogen (secondary N) is 1. The number of carbonyl (C=O) groups is 1. The molecule has 0 unspecified atom stereocenters. The molecular formula is C21H22BrN3O. The van der Waals surface area contributed by atoms with Crippen molar-refractivity contribution in [3.8, 4) is 6.07 Å². The van der Waals surface area contributed by atoms with Gasteiger partial charge in [0.25, 0.3) is 5.91 Å². The van der Waals surface area contributed by atoms with Crippen molar-refractivity contribution < 1.29 is 4.79 Å². The maximum Gasteiger partial charge on any atom is 0.262 e. The molecule has 4 nitrogen and oxygen atoms in total. The lowest BCUT2D eigenvalue weighted by molar-refractivity contribution is -0.118. The van der Waals surface area contributed by atoms with Gasteiger partial charge in [-0.3, -0.25) is 4.79 Å². The minimum atomic E-state index is -0.380. The van der Waals surface area contributed by atoms with Crippen molar-refractivity contribution in [2.45, 2.75) is 32.7 Å². The minimum absolute atomic E-state index is 0.0440. The summed E-state index contributed by atoms with van der Waals surface area (Å²) in [5.41, 5.74) is 1.65. The summed E-state index contributed by atoms with van der Waals surface area (Å²) in [5, 5.41) is 12.5. The normalized spacial score (nSPS) is 12.5. The fourth-order valence-corrected chi connectivity index (χ4v) is 3.27. The molecule has 5 heteroatoms. The molecule has 0 aliphatic rings. The molecule has 1 atom stereocenters. The Morgan fingerprint density at radius 3 is 2.46 bits per heavy atom. The molecule has 0 bridgehead atoms. The summed E-state index contributed by atoms with van der Waals surface area (Å²) in [7, 11) is 0. The van der Waals surface area contributed by atoms with Crippen LogP contribution in [0.2, 0.25) is 0 Å². The fourth-order valence-electron chi connectivity index (χ4n) is 2.91. The maximum absolute atomic E-state index is 12.7. The van der Waals surface area contributed by atoms with E-state index in [1.165, 1.54) is 6.08 Å². The van der Waals surface area contributed by atoms with Crippen LogP contribution in [0.25, 0.3) is 6.08 Å². The van der Waals surface area contributed by atoms with Gasteiger partial charge in [0.1, 0.15) is 16.2 Å². The zero-order valence-corrected chi connectivity index (χ0v) is 16.5. The molecule has 1 aromatic heterocycles. The van der Waals surface area contributed by atoms with Crippen molar-refractivity contribution in [1.29, 1.82) is 5.26 Å². The lowest BCUT2D eigenvalue weighted by atomic mass is 9.88. The minimum Gasteiger partial charge on any atom is -0.344 e. The number of benzene rings is 1. The third kappa shape index (κ3) is 5.27. The monoisotopic (exact) mass is 411 g/mol. The largest absolute Gasteiger partial charge is 0.344 e. The Bertz CT molecular complexity index is 808. The van der Waals surface area contributed by atoms with Gasteiger partial charge in [0.15, 0.2) is 0 Å². The van der Waals surface area contributed by atoms with Crippen LogP contribution in [-0.4, -0.2) is 10.9 Å². The highest BCUT2D eigenvalue weighted by atomic mass is 79.9. The van der Waals surface area contributed by atoms with E-state index in [0.717, 1.165) is 18.4 Å². The number of carbonyl (C=O) groups excluding carboxylic acids is 1. The predicted molar refractivity (Wildman–Crippen MR) is 107 cm³/mol. The first-order valence-electron chi connectivity index (χ1n) is 8.69. The number of aromatic nitrogens is 1. The number of rotatable bonds is 7. The van der Waals surface area contributed by atoms with E-state index in [0.29, 0.717) is 16.2 Å². The molecule has 0 saturated carbocycles. The molecule has 1 heterocycles. The summed E-state index contributed by atoms with van der Waals surface area (Å²) in [5.74, 6) is -0.0830. The Hall–Kier alpha value is -2.45. The Kier molecular flexibility index (Phi) is 7.55. The average molecular weight is 412 g/mol. The maximum atomic E-state index is 12.7. The topological polar surface area (TPSA) is 65.8 Å². The van der Waals surface area contributed by atoms with Crippen LogP contribution in [0.1, 0.15) is 44.0 Å². The number of nitriles is 1. The van der Waals surface area contributed by atoms with Gasteiger partial charge in [-0.2, -0.15) is 5.26 Å². The number of nitrogens with zero attached hydrogens (tertiary/aromatic N) is 2. The molecule has 2 rings (SSSR count). The van der Waals surface area contributed by atoms with Crippen molar-refractivity contribution in [1.82, 2.24) is 10.3 Å². The molecule has 0 spiro atoms. The third-order valence-electron chi connectivity index (χ3n) is 4.36. The highest BCUT2D eigenvalue weighted by Crippen LogP contribution is 2.27. The number of hydrogen-bond donors (Lipinski definition) is 1. The molecule has 2 aromatic rings. The first-order chi connectivity index (χ1) is 12.6. The Labute approximate surface area is 163 Å². The summed E-state index contributed by atoms with van der Waals surface area (Å²) < 4.78 is 0.656. The van der Waals surface area contributed by atoms with Gasteiger partial charge in [-0.05, 0) is 45.6 Å². The Balaban J connectivity index is 2.28. The highest BCUT2D eigenvalue weighted by molar-refractivity contribution is 9.10. The van der Waals surface area contributed by atoms with E-state index in [-0.39, 0.29) is 17.5 Å². The van der Waals surface area contributed by atoms with Gasteiger partial charge in [-0.25, -0.2) is 4.98 Å². The summed E-state index contributed by atoms with van der Waals surface area (Å²) in [6, 6.07) is 17.1. The van der Waals surface area contributed by atoms with Crippen molar-refractivity contribution in [3.05, 3.63) is 70.0 Å². The van der Waals surface area contributed by atoms with Gasteiger partial charge in [0.2, 0.25) is 0 Å². The first kappa shape index (κ1) is 19.9. The molecule has 134 valence electrons. The highest BCUT2D eigenvalue weighted by Gasteiger charge is 2.23.